The van der Waals surface area contributed by atoms with E-state index in [2.05, 4.69) is 48.5 Å². The van der Waals surface area contributed by atoms with Gasteiger partial charge >= 0.3 is 0 Å². The molecule has 110 valence electrons. The standard InChI is InChI=1S/C18H21FN2/c1-13(16-8-4-5-9-17(16)19)21(2)12-15-11-14-7-3-6-10-18(14)20-15/h3-10,13,15,20H,11-12H2,1-2H3. The van der Waals surface area contributed by atoms with E-state index in [1.165, 1.54) is 17.3 Å². The molecule has 0 fully saturated rings. The lowest BCUT2D eigenvalue weighted by Crippen LogP contribution is -2.35. The maximum atomic E-state index is 13.9. The van der Waals surface area contributed by atoms with Crippen LogP contribution in [-0.4, -0.2) is 24.5 Å². The summed E-state index contributed by atoms with van der Waals surface area (Å²) in [6, 6.07) is 15.9. The van der Waals surface area contributed by atoms with E-state index in [4.69, 9.17) is 0 Å². The van der Waals surface area contributed by atoms with Crippen LogP contribution in [0.15, 0.2) is 48.5 Å². The van der Waals surface area contributed by atoms with Crippen molar-refractivity contribution >= 4 is 5.69 Å². The van der Waals surface area contributed by atoms with Gasteiger partial charge in [-0.3, -0.25) is 4.90 Å². The molecule has 2 atom stereocenters. The molecule has 1 aliphatic heterocycles. The van der Waals surface area contributed by atoms with Crippen LogP contribution in [0.2, 0.25) is 0 Å². The molecule has 1 N–H and O–H groups in total. The van der Waals surface area contributed by atoms with Crippen LogP contribution in [0.5, 0.6) is 0 Å². The first-order chi connectivity index (χ1) is 10.1. The molecule has 2 aromatic rings. The fraction of sp³-hybridized carbons (Fsp3) is 0.333. The number of fused-ring (bicyclic) bond motifs is 1. The van der Waals surface area contributed by atoms with Gasteiger partial charge in [0.1, 0.15) is 5.82 Å². The molecule has 21 heavy (non-hydrogen) atoms. The summed E-state index contributed by atoms with van der Waals surface area (Å²) in [4.78, 5) is 2.21. The Labute approximate surface area is 125 Å². The highest BCUT2D eigenvalue weighted by atomic mass is 19.1. The molecule has 0 radical (unpaired) electrons. The zero-order chi connectivity index (χ0) is 14.8. The molecule has 0 saturated carbocycles. The van der Waals surface area contributed by atoms with Crippen LogP contribution in [-0.2, 0) is 6.42 Å². The first kappa shape index (κ1) is 14.1. The van der Waals surface area contributed by atoms with Crippen molar-refractivity contribution < 1.29 is 4.39 Å². The zero-order valence-corrected chi connectivity index (χ0v) is 12.5. The third-order valence-corrected chi connectivity index (χ3v) is 4.37. The van der Waals surface area contributed by atoms with E-state index in [1.54, 1.807) is 6.07 Å². The number of hydrogen-bond donors (Lipinski definition) is 1. The molecule has 0 aromatic heterocycles. The fourth-order valence-corrected chi connectivity index (χ4v) is 3.04. The van der Waals surface area contributed by atoms with E-state index in [9.17, 15) is 4.39 Å². The summed E-state index contributed by atoms with van der Waals surface area (Å²) < 4.78 is 13.9. The van der Waals surface area contributed by atoms with E-state index in [0.29, 0.717) is 6.04 Å². The number of para-hydroxylation sites is 1. The number of rotatable bonds is 4. The molecule has 0 amide bonds. The van der Waals surface area contributed by atoms with Crippen LogP contribution in [0.4, 0.5) is 10.1 Å². The third-order valence-electron chi connectivity index (χ3n) is 4.37. The third kappa shape index (κ3) is 2.93. The number of nitrogens with zero attached hydrogens (tertiary/aromatic N) is 1. The fourth-order valence-electron chi connectivity index (χ4n) is 3.04. The van der Waals surface area contributed by atoms with Gasteiger partial charge in [-0.15, -0.1) is 0 Å². The van der Waals surface area contributed by atoms with Crippen molar-refractivity contribution in [2.45, 2.75) is 25.4 Å². The summed E-state index contributed by atoms with van der Waals surface area (Å²) in [6.07, 6.45) is 1.03. The molecule has 2 nitrogen and oxygen atoms in total. The quantitative estimate of drug-likeness (QED) is 0.917. The highest BCUT2D eigenvalue weighted by Crippen LogP contribution is 2.27. The maximum Gasteiger partial charge on any atom is 0.127 e. The van der Waals surface area contributed by atoms with Gasteiger partial charge in [0.25, 0.3) is 0 Å². The van der Waals surface area contributed by atoms with Crippen LogP contribution in [0.25, 0.3) is 0 Å². The SMILES string of the molecule is CC(c1ccccc1F)N(C)CC1Cc2ccccc2N1. The predicted molar refractivity (Wildman–Crippen MR) is 85.0 cm³/mol. The Morgan fingerprint density at radius 2 is 1.90 bits per heavy atom. The zero-order valence-electron chi connectivity index (χ0n) is 12.5. The van der Waals surface area contributed by atoms with Gasteiger partial charge in [0.15, 0.2) is 0 Å². The smallest absolute Gasteiger partial charge is 0.127 e. The largest absolute Gasteiger partial charge is 0.380 e. The average Bonchev–Trinajstić information content (AvgIpc) is 2.89. The van der Waals surface area contributed by atoms with Gasteiger partial charge in [0.2, 0.25) is 0 Å². The van der Waals surface area contributed by atoms with Gasteiger partial charge < -0.3 is 5.32 Å². The van der Waals surface area contributed by atoms with Gasteiger partial charge in [-0.1, -0.05) is 36.4 Å². The molecule has 0 saturated heterocycles. The molecule has 2 aromatic carbocycles. The summed E-state index contributed by atoms with van der Waals surface area (Å²) in [5.74, 6) is -0.125. The summed E-state index contributed by atoms with van der Waals surface area (Å²) in [7, 11) is 2.06. The second-order valence-corrected chi connectivity index (χ2v) is 5.84. The second-order valence-electron chi connectivity index (χ2n) is 5.84. The Balaban J connectivity index is 1.65. The second kappa shape index (κ2) is 5.86. The lowest BCUT2D eigenvalue weighted by atomic mass is 10.1. The Morgan fingerprint density at radius 3 is 2.67 bits per heavy atom. The van der Waals surface area contributed by atoms with Crippen LogP contribution < -0.4 is 5.32 Å². The number of likely N-dealkylation sites (N-methyl/N-ethyl adjacent to an activating group) is 1. The Kier molecular flexibility index (Phi) is 3.93. The van der Waals surface area contributed by atoms with Crippen molar-refractivity contribution in [3.63, 3.8) is 0 Å². The van der Waals surface area contributed by atoms with Crippen LogP contribution in [0, 0.1) is 5.82 Å². The van der Waals surface area contributed by atoms with E-state index in [1.807, 2.05) is 12.1 Å². The van der Waals surface area contributed by atoms with Crippen molar-refractivity contribution in [3.05, 3.63) is 65.5 Å². The molecular weight excluding hydrogens is 263 g/mol. The van der Waals surface area contributed by atoms with E-state index >= 15 is 0 Å². The van der Waals surface area contributed by atoms with Crippen molar-refractivity contribution in [1.29, 1.82) is 0 Å². The number of hydrogen-bond acceptors (Lipinski definition) is 2. The van der Waals surface area contributed by atoms with E-state index in [-0.39, 0.29) is 11.9 Å². The Bertz CT molecular complexity index is 601. The van der Waals surface area contributed by atoms with Crippen molar-refractivity contribution in [1.82, 2.24) is 4.90 Å². The summed E-state index contributed by atoms with van der Waals surface area (Å²) >= 11 is 0. The van der Waals surface area contributed by atoms with Crippen LogP contribution >= 0.6 is 0 Å². The van der Waals surface area contributed by atoms with Gasteiger partial charge in [-0.05, 0) is 38.1 Å². The molecule has 3 rings (SSSR count). The minimum atomic E-state index is -0.125. The van der Waals surface area contributed by atoms with Gasteiger partial charge in [-0.2, -0.15) is 0 Å². The molecule has 1 aliphatic rings. The van der Waals surface area contributed by atoms with E-state index < -0.39 is 0 Å². The minimum absolute atomic E-state index is 0.0664. The number of anilines is 1. The van der Waals surface area contributed by atoms with Crippen molar-refractivity contribution in [3.8, 4) is 0 Å². The molecule has 0 spiro atoms. The highest BCUT2D eigenvalue weighted by molar-refractivity contribution is 5.56. The van der Waals surface area contributed by atoms with Crippen molar-refractivity contribution in [2.75, 3.05) is 18.9 Å². The lowest BCUT2D eigenvalue weighted by Gasteiger charge is -2.28. The summed E-state index contributed by atoms with van der Waals surface area (Å²) in [5, 5.41) is 3.55. The predicted octanol–water partition coefficient (Wildman–Crippen LogP) is 3.86. The van der Waals surface area contributed by atoms with E-state index in [0.717, 1.165) is 18.5 Å². The average molecular weight is 284 g/mol. The topological polar surface area (TPSA) is 15.3 Å². The molecule has 1 heterocycles. The number of halogens is 1. The maximum absolute atomic E-state index is 13.9. The highest BCUT2D eigenvalue weighted by Gasteiger charge is 2.24. The lowest BCUT2D eigenvalue weighted by molar-refractivity contribution is 0.247. The molecule has 3 heteroatoms. The number of nitrogens with one attached hydrogen (secondary N) is 1. The van der Waals surface area contributed by atoms with Crippen LogP contribution in [0.3, 0.4) is 0 Å². The normalized spacial score (nSPS) is 18.4. The van der Waals surface area contributed by atoms with Crippen LogP contribution in [0.1, 0.15) is 24.1 Å². The van der Waals surface area contributed by atoms with Gasteiger partial charge in [-0.25, -0.2) is 4.39 Å². The summed E-state index contributed by atoms with van der Waals surface area (Å²) in [6.45, 7) is 2.95. The minimum Gasteiger partial charge on any atom is -0.380 e. The monoisotopic (exact) mass is 284 g/mol. The molecule has 0 bridgehead atoms. The molecule has 2 unspecified atom stereocenters. The van der Waals surface area contributed by atoms with Crippen molar-refractivity contribution in [2.24, 2.45) is 0 Å². The van der Waals surface area contributed by atoms with Gasteiger partial charge in [0, 0.05) is 29.9 Å². The Hall–Kier alpha value is -1.87. The molecular formula is C18H21FN2. The first-order valence-electron chi connectivity index (χ1n) is 7.44. The van der Waals surface area contributed by atoms with Gasteiger partial charge in [0.05, 0.1) is 0 Å². The summed E-state index contributed by atoms with van der Waals surface area (Å²) in [5.41, 5.74) is 3.36. The number of benzene rings is 2. The molecule has 0 aliphatic carbocycles. The Morgan fingerprint density at radius 1 is 1.19 bits per heavy atom. The first-order valence-corrected chi connectivity index (χ1v) is 7.44.